The highest BCUT2D eigenvalue weighted by Crippen LogP contribution is 2.47. The predicted octanol–water partition coefficient (Wildman–Crippen LogP) is 13.7. The molecule has 0 aliphatic heterocycles. The Bertz CT molecular complexity index is 2810. The van der Waals surface area contributed by atoms with Crippen molar-refractivity contribution in [3.8, 4) is 44.5 Å². The second-order valence-electron chi connectivity index (χ2n) is 12.8. The second-order valence-corrected chi connectivity index (χ2v) is 12.8. The summed E-state index contributed by atoms with van der Waals surface area (Å²) in [7, 11) is 0. The molecule has 0 atom stereocenters. The number of fused-ring (bicyclic) bond motifs is 6. The van der Waals surface area contributed by atoms with E-state index >= 15 is 0 Å². The molecule has 0 bridgehead atoms. The first-order chi connectivity index (χ1) is 24.3. The molecular weight excluding hydrogens is 593 g/mol. The molecule has 10 aromatic rings. The molecule has 0 saturated carbocycles. The van der Waals surface area contributed by atoms with E-state index in [0.717, 1.165) is 21.9 Å². The van der Waals surface area contributed by atoms with Gasteiger partial charge in [0.05, 0.1) is 0 Å². The van der Waals surface area contributed by atoms with Gasteiger partial charge in [-0.15, -0.1) is 0 Å². The van der Waals surface area contributed by atoms with E-state index in [1.165, 1.54) is 76.8 Å². The third-order valence-electron chi connectivity index (χ3n) is 10.1. The molecule has 228 valence electrons. The summed E-state index contributed by atoms with van der Waals surface area (Å²) in [5.41, 5.74) is 11.6. The van der Waals surface area contributed by atoms with E-state index < -0.39 is 0 Å². The van der Waals surface area contributed by atoms with Crippen LogP contribution in [0.2, 0.25) is 0 Å². The van der Waals surface area contributed by atoms with Crippen molar-refractivity contribution in [2.75, 3.05) is 0 Å². The van der Waals surface area contributed by atoms with Crippen LogP contribution in [0.25, 0.3) is 98.8 Å². The average molecular weight is 623 g/mol. The SMILES string of the molecule is c1cc(-c2ccc(-c3c4ccccc4c(-c4cccc5oc6ccccc6c45)c4ccccc34)cc2)cc(-c2cccc3ccccc23)c1. The van der Waals surface area contributed by atoms with E-state index in [9.17, 15) is 0 Å². The molecule has 0 saturated heterocycles. The third-order valence-corrected chi connectivity index (χ3v) is 10.1. The normalized spacial score (nSPS) is 11.7. The van der Waals surface area contributed by atoms with Crippen LogP contribution in [-0.4, -0.2) is 0 Å². The monoisotopic (exact) mass is 622 g/mol. The van der Waals surface area contributed by atoms with Crippen LogP contribution in [0.4, 0.5) is 0 Å². The van der Waals surface area contributed by atoms with Gasteiger partial charge >= 0.3 is 0 Å². The van der Waals surface area contributed by atoms with Crippen LogP contribution in [-0.2, 0) is 0 Å². The molecule has 0 radical (unpaired) electrons. The summed E-state index contributed by atoms with van der Waals surface area (Å²) in [5, 5.41) is 9.80. The van der Waals surface area contributed by atoms with Crippen molar-refractivity contribution < 1.29 is 4.42 Å². The highest BCUT2D eigenvalue weighted by molar-refractivity contribution is 6.25. The minimum absolute atomic E-state index is 0.913. The van der Waals surface area contributed by atoms with Crippen LogP contribution in [0, 0.1) is 0 Å². The van der Waals surface area contributed by atoms with E-state index in [1.807, 2.05) is 6.07 Å². The fourth-order valence-corrected chi connectivity index (χ4v) is 7.89. The van der Waals surface area contributed by atoms with Gasteiger partial charge < -0.3 is 4.42 Å². The van der Waals surface area contributed by atoms with Gasteiger partial charge in [-0.05, 0) is 95.0 Å². The first-order valence-electron chi connectivity index (χ1n) is 16.8. The molecule has 10 rings (SSSR count). The zero-order chi connectivity index (χ0) is 32.3. The summed E-state index contributed by atoms with van der Waals surface area (Å²) in [5.74, 6) is 0. The summed E-state index contributed by atoms with van der Waals surface area (Å²) in [6.45, 7) is 0. The number of para-hydroxylation sites is 1. The minimum Gasteiger partial charge on any atom is -0.456 e. The third kappa shape index (κ3) is 4.40. The van der Waals surface area contributed by atoms with Gasteiger partial charge in [0.25, 0.3) is 0 Å². The quantitative estimate of drug-likeness (QED) is 0.178. The average Bonchev–Trinajstić information content (AvgIpc) is 3.56. The Hall–Kier alpha value is -6.44. The Morgan fingerprint density at radius 2 is 0.796 bits per heavy atom. The molecule has 1 heteroatoms. The Morgan fingerprint density at radius 3 is 1.55 bits per heavy atom. The molecular formula is C48H30O. The van der Waals surface area contributed by atoms with Crippen molar-refractivity contribution in [2.45, 2.75) is 0 Å². The van der Waals surface area contributed by atoms with Crippen LogP contribution in [0.3, 0.4) is 0 Å². The van der Waals surface area contributed by atoms with Gasteiger partial charge in [-0.1, -0.05) is 164 Å². The van der Waals surface area contributed by atoms with Crippen LogP contribution < -0.4 is 0 Å². The molecule has 0 aliphatic carbocycles. The van der Waals surface area contributed by atoms with Gasteiger partial charge in [-0.2, -0.15) is 0 Å². The summed E-state index contributed by atoms with van der Waals surface area (Å²) < 4.78 is 6.33. The summed E-state index contributed by atoms with van der Waals surface area (Å²) in [4.78, 5) is 0. The van der Waals surface area contributed by atoms with Crippen molar-refractivity contribution >= 4 is 54.3 Å². The molecule has 0 unspecified atom stereocenters. The fraction of sp³-hybridized carbons (Fsp3) is 0. The topological polar surface area (TPSA) is 13.1 Å². The molecule has 0 N–H and O–H groups in total. The lowest BCUT2D eigenvalue weighted by Gasteiger charge is -2.18. The number of hydrogen-bond acceptors (Lipinski definition) is 1. The van der Waals surface area contributed by atoms with E-state index in [1.54, 1.807) is 0 Å². The van der Waals surface area contributed by atoms with Crippen molar-refractivity contribution in [1.29, 1.82) is 0 Å². The molecule has 1 heterocycles. The molecule has 1 aromatic heterocycles. The summed E-state index contributed by atoms with van der Waals surface area (Å²) >= 11 is 0. The van der Waals surface area contributed by atoms with Gasteiger partial charge in [0, 0.05) is 10.8 Å². The maximum Gasteiger partial charge on any atom is 0.136 e. The smallest absolute Gasteiger partial charge is 0.136 e. The van der Waals surface area contributed by atoms with Crippen LogP contribution >= 0.6 is 0 Å². The minimum atomic E-state index is 0.913. The molecule has 0 aliphatic rings. The molecule has 1 nitrogen and oxygen atoms in total. The maximum absolute atomic E-state index is 6.33. The highest BCUT2D eigenvalue weighted by atomic mass is 16.3. The second kappa shape index (κ2) is 11.1. The summed E-state index contributed by atoms with van der Waals surface area (Å²) in [6, 6.07) is 65.7. The molecule has 0 amide bonds. The van der Waals surface area contributed by atoms with Gasteiger partial charge in [0.2, 0.25) is 0 Å². The van der Waals surface area contributed by atoms with Crippen LogP contribution in [0.15, 0.2) is 186 Å². The molecule has 0 fully saturated rings. The number of benzene rings is 9. The molecule has 49 heavy (non-hydrogen) atoms. The molecule has 9 aromatic carbocycles. The van der Waals surface area contributed by atoms with Crippen molar-refractivity contribution in [2.24, 2.45) is 0 Å². The first kappa shape index (κ1) is 27.7. The lowest BCUT2D eigenvalue weighted by Crippen LogP contribution is -1.91. The highest BCUT2D eigenvalue weighted by Gasteiger charge is 2.20. The zero-order valence-electron chi connectivity index (χ0n) is 26.7. The Balaban J connectivity index is 1.14. The van der Waals surface area contributed by atoms with E-state index in [2.05, 4.69) is 176 Å². The van der Waals surface area contributed by atoms with Gasteiger partial charge in [-0.3, -0.25) is 0 Å². The van der Waals surface area contributed by atoms with Crippen LogP contribution in [0.1, 0.15) is 0 Å². The Kier molecular flexibility index (Phi) is 6.25. The van der Waals surface area contributed by atoms with Crippen LogP contribution in [0.5, 0.6) is 0 Å². The number of furan rings is 1. The number of rotatable bonds is 4. The zero-order valence-corrected chi connectivity index (χ0v) is 26.7. The summed E-state index contributed by atoms with van der Waals surface area (Å²) in [6.07, 6.45) is 0. The maximum atomic E-state index is 6.33. The Morgan fingerprint density at radius 1 is 0.286 bits per heavy atom. The standard InChI is InChI=1S/C48H30O/c1-2-16-36-32(12-1)13-10-22-37(36)35-15-9-14-34(30-35)31-26-28-33(29-27-31)46-38-17-3-5-19-40(38)47(41-20-6-4-18-39(41)46)43-23-11-25-45-48(43)42-21-7-8-24-44(42)49-45/h1-30H. The predicted molar refractivity (Wildman–Crippen MR) is 208 cm³/mol. The fourth-order valence-electron chi connectivity index (χ4n) is 7.89. The number of hydrogen-bond donors (Lipinski definition) is 0. The van der Waals surface area contributed by atoms with Crippen molar-refractivity contribution in [1.82, 2.24) is 0 Å². The van der Waals surface area contributed by atoms with Gasteiger partial charge in [0.1, 0.15) is 11.2 Å². The molecule has 0 spiro atoms. The lowest BCUT2D eigenvalue weighted by molar-refractivity contribution is 0.669. The van der Waals surface area contributed by atoms with E-state index in [4.69, 9.17) is 4.42 Å². The van der Waals surface area contributed by atoms with Crippen molar-refractivity contribution in [3.63, 3.8) is 0 Å². The van der Waals surface area contributed by atoms with E-state index in [0.29, 0.717) is 0 Å². The van der Waals surface area contributed by atoms with Gasteiger partial charge in [0.15, 0.2) is 0 Å². The largest absolute Gasteiger partial charge is 0.456 e. The first-order valence-corrected chi connectivity index (χ1v) is 16.8. The Labute approximate surface area is 284 Å². The van der Waals surface area contributed by atoms with E-state index in [-0.39, 0.29) is 0 Å². The van der Waals surface area contributed by atoms with Gasteiger partial charge in [-0.25, -0.2) is 0 Å². The van der Waals surface area contributed by atoms with Crippen molar-refractivity contribution in [3.05, 3.63) is 182 Å². The lowest BCUT2D eigenvalue weighted by atomic mass is 9.84.